The van der Waals surface area contributed by atoms with Gasteiger partial charge in [-0.3, -0.25) is 0 Å². The second kappa shape index (κ2) is 7.24. The summed E-state index contributed by atoms with van der Waals surface area (Å²) in [5.41, 5.74) is 0. The van der Waals surface area contributed by atoms with Crippen LogP contribution in [0, 0.1) is 5.92 Å². The molecule has 1 fully saturated rings. The predicted molar refractivity (Wildman–Crippen MR) is 62.6 cm³/mol. The third-order valence-electron chi connectivity index (χ3n) is 3.19. The van der Waals surface area contributed by atoms with Crippen molar-refractivity contribution in [3.8, 4) is 0 Å². The van der Waals surface area contributed by atoms with Gasteiger partial charge in [0, 0.05) is 6.54 Å². The van der Waals surface area contributed by atoms with Gasteiger partial charge in [0.05, 0.1) is 0 Å². The van der Waals surface area contributed by atoms with Crippen molar-refractivity contribution >= 4 is 0 Å². The summed E-state index contributed by atoms with van der Waals surface area (Å²) in [6.45, 7) is 10.9. The highest BCUT2D eigenvalue weighted by Crippen LogP contribution is 2.11. The van der Waals surface area contributed by atoms with E-state index in [9.17, 15) is 0 Å². The van der Waals surface area contributed by atoms with Gasteiger partial charge in [0.1, 0.15) is 0 Å². The molecule has 2 nitrogen and oxygen atoms in total. The number of hydrogen-bond donors (Lipinski definition) is 1. The van der Waals surface area contributed by atoms with E-state index in [1.54, 1.807) is 0 Å². The molecule has 0 saturated carbocycles. The van der Waals surface area contributed by atoms with E-state index in [1.165, 1.54) is 58.4 Å². The maximum Gasteiger partial charge on any atom is 0.00217 e. The van der Waals surface area contributed by atoms with Crippen LogP contribution in [0.4, 0.5) is 0 Å². The quantitative estimate of drug-likeness (QED) is 0.703. The highest BCUT2D eigenvalue weighted by atomic mass is 15.1. The summed E-state index contributed by atoms with van der Waals surface area (Å²) in [6, 6.07) is 0. The fourth-order valence-corrected chi connectivity index (χ4v) is 2.21. The Morgan fingerprint density at radius 1 is 1.36 bits per heavy atom. The molecular weight excluding hydrogens is 172 g/mol. The molecule has 0 aromatic rings. The number of rotatable bonds is 6. The van der Waals surface area contributed by atoms with Crippen LogP contribution in [0.2, 0.25) is 0 Å². The van der Waals surface area contributed by atoms with Crippen molar-refractivity contribution in [2.75, 3.05) is 32.7 Å². The van der Waals surface area contributed by atoms with Gasteiger partial charge in [-0.2, -0.15) is 0 Å². The summed E-state index contributed by atoms with van der Waals surface area (Å²) < 4.78 is 0. The number of nitrogens with zero attached hydrogens (tertiary/aromatic N) is 1. The van der Waals surface area contributed by atoms with E-state index in [0.717, 1.165) is 5.92 Å². The summed E-state index contributed by atoms with van der Waals surface area (Å²) >= 11 is 0. The summed E-state index contributed by atoms with van der Waals surface area (Å²) in [6.07, 6.45) is 5.47. The summed E-state index contributed by atoms with van der Waals surface area (Å²) in [5, 5.41) is 3.49. The minimum atomic E-state index is 0.903. The van der Waals surface area contributed by atoms with Gasteiger partial charge in [0.15, 0.2) is 0 Å². The second-order valence-electron chi connectivity index (χ2n) is 4.46. The molecule has 1 N–H and O–H groups in total. The SMILES string of the molecule is CCCCN(CC)CC1CCCNC1. The Balaban J connectivity index is 2.16. The molecule has 0 bridgehead atoms. The molecule has 0 radical (unpaired) electrons. The molecule has 0 aliphatic carbocycles. The van der Waals surface area contributed by atoms with Gasteiger partial charge in [-0.15, -0.1) is 0 Å². The van der Waals surface area contributed by atoms with Crippen LogP contribution in [0.25, 0.3) is 0 Å². The molecule has 1 atom stereocenters. The molecule has 1 heterocycles. The number of unbranched alkanes of at least 4 members (excludes halogenated alkanes) is 1. The van der Waals surface area contributed by atoms with Gasteiger partial charge >= 0.3 is 0 Å². The maximum atomic E-state index is 3.49. The van der Waals surface area contributed by atoms with Crippen molar-refractivity contribution < 1.29 is 0 Å². The maximum absolute atomic E-state index is 3.49. The molecule has 0 aromatic heterocycles. The third kappa shape index (κ3) is 4.43. The Morgan fingerprint density at radius 3 is 2.79 bits per heavy atom. The van der Waals surface area contributed by atoms with Crippen LogP contribution >= 0.6 is 0 Å². The average molecular weight is 198 g/mol. The molecule has 1 unspecified atom stereocenters. The standard InChI is InChI=1S/C12H26N2/c1-3-5-9-14(4-2)11-12-7-6-8-13-10-12/h12-13H,3-11H2,1-2H3. The van der Waals surface area contributed by atoms with E-state index in [4.69, 9.17) is 0 Å². The van der Waals surface area contributed by atoms with Crippen LogP contribution in [0.3, 0.4) is 0 Å². The van der Waals surface area contributed by atoms with Crippen molar-refractivity contribution in [1.82, 2.24) is 10.2 Å². The molecule has 2 heteroatoms. The first-order valence-corrected chi connectivity index (χ1v) is 6.29. The summed E-state index contributed by atoms with van der Waals surface area (Å²) in [7, 11) is 0. The van der Waals surface area contributed by atoms with E-state index in [-0.39, 0.29) is 0 Å². The van der Waals surface area contributed by atoms with Gasteiger partial charge in [-0.05, 0) is 51.4 Å². The molecule has 1 saturated heterocycles. The monoisotopic (exact) mass is 198 g/mol. The van der Waals surface area contributed by atoms with Crippen LogP contribution in [-0.2, 0) is 0 Å². The van der Waals surface area contributed by atoms with Crippen molar-refractivity contribution in [3.05, 3.63) is 0 Å². The average Bonchev–Trinajstić information content (AvgIpc) is 2.25. The summed E-state index contributed by atoms with van der Waals surface area (Å²) in [4.78, 5) is 2.61. The van der Waals surface area contributed by atoms with E-state index < -0.39 is 0 Å². The summed E-state index contributed by atoms with van der Waals surface area (Å²) in [5.74, 6) is 0.903. The Labute approximate surface area is 89.1 Å². The molecular formula is C12H26N2. The smallest absolute Gasteiger partial charge is 0.00217 e. The first-order valence-electron chi connectivity index (χ1n) is 6.29. The van der Waals surface area contributed by atoms with Gasteiger partial charge in [0.2, 0.25) is 0 Å². The van der Waals surface area contributed by atoms with Gasteiger partial charge in [0.25, 0.3) is 0 Å². The number of hydrogen-bond acceptors (Lipinski definition) is 2. The highest BCUT2D eigenvalue weighted by Gasteiger charge is 2.15. The Morgan fingerprint density at radius 2 is 2.21 bits per heavy atom. The largest absolute Gasteiger partial charge is 0.316 e. The fourth-order valence-electron chi connectivity index (χ4n) is 2.21. The van der Waals surface area contributed by atoms with E-state index in [0.29, 0.717) is 0 Å². The van der Waals surface area contributed by atoms with E-state index >= 15 is 0 Å². The number of nitrogens with one attached hydrogen (secondary N) is 1. The van der Waals surface area contributed by atoms with Crippen LogP contribution < -0.4 is 5.32 Å². The predicted octanol–water partition coefficient (Wildman–Crippen LogP) is 2.11. The topological polar surface area (TPSA) is 15.3 Å². The lowest BCUT2D eigenvalue weighted by atomic mass is 9.99. The normalized spacial score (nSPS) is 22.9. The zero-order valence-corrected chi connectivity index (χ0v) is 9.89. The fraction of sp³-hybridized carbons (Fsp3) is 1.00. The van der Waals surface area contributed by atoms with E-state index in [1.807, 2.05) is 0 Å². The molecule has 14 heavy (non-hydrogen) atoms. The Hall–Kier alpha value is -0.0800. The van der Waals surface area contributed by atoms with Crippen LogP contribution in [0.5, 0.6) is 0 Å². The zero-order valence-electron chi connectivity index (χ0n) is 9.89. The third-order valence-corrected chi connectivity index (χ3v) is 3.19. The molecule has 84 valence electrons. The zero-order chi connectivity index (χ0) is 10.2. The Bertz CT molecular complexity index is 130. The lowest BCUT2D eigenvalue weighted by Crippen LogP contribution is -2.38. The molecule has 1 aliphatic rings. The van der Waals surface area contributed by atoms with Gasteiger partial charge in [-0.1, -0.05) is 20.3 Å². The number of piperidine rings is 1. The van der Waals surface area contributed by atoms with Crippen molar-refractivity contribution in [1.29, 1.82) is 0 Å². The minimum Gasteiger partial charge on any atom is -0.316 e. The van der Waals surface area contributed by atoms with E-state index in [2.05, 4.69) is 24.1 Å². The van der Waals surface area contributed by atoms with Crippen LogP contribution in [-0.4, -0.2) is 37.6 Å². The molecule has 0 aromatic carbocycles. The minimum absolute atomic E-state index is 0.903. The van der Waals surface area contributed by atoms with Gasteiger partial charge in [-0.25, -0.2) is 0 Å². The van der Waals surface area contributed by atoms with Crippen molar-refractivity contribution in [3.63, 3.8) is 0 Å². The van der Waals surface area contributed by atoms with Gasteiger partial charge < -0.3 is 10.2 Å². The molecule has 0 amide bonds. The van der Waals surface area contributed by atoms with Crippen molar-refractivity contribution in [2.45, 2.75) is 39.5 Å². The highest BCUT2D eigenvalue weighted by molar-refractivity contribution is 4.72. The Kier molecular flexibility index (Phi) is 6.20. The molecule has 1 rings (SSSR count). The lowest BCUT2D eigenvalue weighted by Gasteiger charge is -2.29. The first kappa shape index (κ1) is 12.0. The molecule has 1 aliphatic heterocycles. The van der Waals surface area contributed by atoms with Crippen molar-refractivity contribution in [2.24, 2.45) is 5.92 Å². The second-order valence-corrected chi connectivity index (χ2v) is 4.46. The van der Waals surface area contributed by atoms with Crippen LogP contribution in [0.15, 0.2) is 0 Å². The molecule has 0 spiro atoms. The van der Waals surface area contributed by atoms with Crippen LogP contribution in [0.1, 0.15) is 39.5 Å². The lowest BCUT2D eigenvalue weighted by molar-refractivity contribution is 0.214. The first-order chi connectivity index (χ1) is 6.86.